The van der Waals surface area contributed by atoms with Gasteiger partial charge in [-0.1, -0.05) is 40.2 Å². The van der Waals surface area contributed by atoms with Gasteiger partial charge in [0, 0.05) is 10.5 Å². The van der Waals surface area contributed by atoms with Gasteiger partial charge < -0.3 is 4.74 Å². The number of halogens is 1. The Morgan fingerprint density at radius 3 is 2.50 bits per heavy atom. The summed E-state index contributed by atoms with van der Waals surface area (Å²) in [6.07, 6.45) is 0. The minimum atomic E-state index is -3.69. The highest BCUT2D eigenvalue weighted by Gasteiger charge is 2.23. The average molecular weight is 384 g/mol. The van der Waals surface area contributed by atoms with Crippen LogP contribution in [0, 0.1) is 6.92 Å². The van der Waals surface area contributed by atoms with E-state index >= 15 is 0 Å². The molecule has 0 fully saturated rings. The molecule has 1 N–H and O–H groups in total. The Balaban J connectivity index is 2.36. The summed E-state index contributed by atoms with van der Waals surface area (Å²) in [5.74, 6) is 0.313. The molecule has 0 heterocycles. The summed E-state index contributed by atoms with van der Waals surface area (Å²) < 4.78 is 33.8. The number of ether oxygens (including phenoxy) is 1. The maximum Gasteiger partial charge on any atom is 0.244 e. The van der Waals surface area contributed by atoms with Crippen LogP contribution in [0.2, 0.25) is 0 Å². The van der Waals surface area contributed by atoms with Crippen molar-refractivity contribution in [2.45, 2.75) is 24.8 Å². The molecule has 2 aromatic carbocycles. The van der Waals surface area contributed by atoms with E-state index in [0.717, 1.165) is 11.1 Å². The molecule has 0 radical (unpaired) electrons. The van der Waals surface area contributed by atoms with Gasteiger partial charge in [-0.25, -0.2) is 13.1 Å². The second kappa shape index (κ2) is 6.81. The molecule has 0 bridgehead atoms. The lowest BCUT2D eigenvalue weighted by Crippen LogP contribution is -2.27. The van der Waals surface area contributed by atoms with Gasteiger partial charge >= 0.3 is 0 Å². The standard InChI is InChI=1S/C16H18BrNO3S/c1-11-6-4-5-7-14(11)12(2)18-22(19,20)16-10-13(17)8-9-15(16)21-3/h4-10,12,18H,1-3H3. The normalized spacial score (nSPS) is 12.9. The first-order chi connectivity index (χ1) is 10.3. The zero-order chi connectivity index (χ0) is 16.3. The highest BCUT2D eigenvalue weighted by atomic mass is 79.9. The van der Waals surface area contributed by atoms with Crippen molar-refractivity contribution >= 4 is 26.0 Å². The highest BCUT2D eigenvalue weighted by Crippen LogP contribution is 2.28. The maximum absolute atomic E-state index is 12.6. The van der Waals surface area contributed by atoms with Crippen molar-refractivity contribution in [3.63, 3.8) is 0 Å². The molecule has 1 atom stereocenters. The number of methoxy groups -OCH3 is 1. The number of aryl methyl sites for hydroxylation is 1. The van der Waals surface area contributed by atoms with E-state index in [9.17, 15) is 8.42 Å². The fraction of sp³-hybridized carbons (Fsp3) is 0.250. The van der Waals surface area contributed by atoms with Crippen LogP contribution in [0.4, 0.5) is 0 Å². The first-order valence-electron chi connectivity index (χ1n) is 6.76. The molecule has 4 nitrogen and oxygen atoms in total. The fourth-order valence-corrected chi connectivity index (χ4v) is 4.22. The van der Waals surface area contributed by atoms with Crippen LogP contribution in [0.3, 0.4) is 0 Å². The summed E-state index contributed by atoms with van der Waals surface area (Å²) in [6.45, 7) is 3.78. The van der Waals surface area contributed by atoms with Crippen molar-refractivity contribution in [2.75, 3.05) is 7.11 Å². The summed E-state index contributed by atoms with van der Waals surface area (Å²) >= 11 is 3.29. The number of benzene rings is 2. The molecule has 0 amide bonds. The zero-order valence-electron chi connectivity index (χ0n) is 12.6. The van der Waals surface area contributed by atoms with Crippen LogP contribution in [0.15, 0.2) is 51.8 Å². The number of sulfonamides is 1. The van der Waals surface area contributed by atoms with Gasteiger partial charge in [-0.2, -0.15) is 0 Å². The largest absolute Gasteiger partial charge is 0.495 e. The van der Waals surface area contributed by atoms with E-state index in [0.29, 0.717) is 10.2 Å². The molecule has 2 rings (SSSR count). The fourth-order valence-electron chi connectivity index (χ4n) is 2.29. The molecular weight excluding hydrogens is 366 g/mol. The van der Waals surface area contributed by atoms with E-state index in [1.165, 1.54) is 13.2 Å². The predicted molar refractivity (Wildman–Crippen MR) is 90.6 cm³/mol. The molecule has 0 aromatic heterocycles. The second-order valence-electron chi connectivity index (χ2n) is 4.99. The lowest BCUT2D eigenvalue weighted by Gasteiger charge is -2.18. The third-order valence-electron chi connectivity index (χ3n) is 3.40. The predicted octanol–water partition coefficient (Wildman–Crippen LogP) is 3.81. The Labute approximate surface area is 139 Å². The monoisotopic (exact) mass is 383 g/mol. The molecule has 0 aliphatic rings. The third kappa shape index (κ3) is 3.69. The van der Waals surface area contributed by atoms with Gasteiger partial charge in [0.05, 0.1) is 7.11 Å². The summed E-state index contributed by atoms with van der Waals surface area (Å²) in [4.78, 5) is 0.116. The highest BCUT2D eigenvalue weighted by molar-refractivity contribution is 9.10. The smallest absolute Gasteiger partial charge is 0.244 e. The van der Waals surface area contributed by atoms with Crippen LogP contribution in [0.25, 0.3) is 0 Å². The van der Waals surface area contributed by atoms with Crippen LogP contribution in [-0.2, 0) is 10.0 Å². The van der Waals surface area contributed by atoms with E-state index in [4.69, 9.17) is 4.74 Å². The van der Waals surface area contributed by atoms with Gasteiger partial charge in [-0.15, -0.1) is 0 Å². The van der Waals surface area contributed by atoms with Crippen molar-refractivity contribution < 1.29 is 13.2 Å². The number of hydrogen-bond donors (Lipinski definition) is 1. The molecule has 1 unspecified atom stereocenters. The summed E-state index contributed by atoms with van der Waals surface area (Å²) in [5.41, 5.74) is 1.99. The second-order valence-corrected chi connectivity index (χ2v) is 7.59. The maximum atomic E-state index is 12.6. The molecule has 118 valence electrons. The Bertz CT molecular complexity index is 775. The lowest BCUT2D eigenvalue weighted by molar-refractivity contribution is 0.402. The van der Waals surface area contributed by atoms with Crippen molar-refractivity contribution in [1.82, 2.24) is 4.72 Å². The zero-order valence-corrected chi connectivity index (χ0v) is 15.0. The molecule has 0 aliphatic heterocycles. The Morgan fingerprint density at radius 1 is 1.18 bits per heavy atom. The van der Waals surface area contributed by atoms with Gasteiger partial charge in [-0.3, -0.25) is 0 Å². The van der Waals surface area contributed by atoms with E-state index in [-0.39, 0.29) is 10.9 Å². The molecule has 0 aliphatic carbocycles. The van der Waals surface area contributed by atoms with Gasteiger partial charge in [0.1, 0.15) is 10.6 Å². The summed E-state index contributed by atoms with van der Waals surface area (Å²) in [6, 6.07) is 12.3. The first kappa shape index (κ1) is 17.0. The Hall–Kier alpha value is -1.37. The molecule has 22 heavy (non-hydrogen) atoms. The molecule has 0 saturated carbocycles. The third-order valence-corrected chi connectivity index (χ3v) is 5.46. The van der Waals surface area contributed by atoms with Crippen LogP contribution in [0.5, 0.6) is 5.75 Å². The van der Waals surface area contributed by atoms with E-state index in [2.05, 4.69) is 20.7 Å². The average Bonchev–Trinajstić information content (AvgIpc) is 2.47. The molecular formula is C16H18BrNO3S. The van der Waals surface area contributed by atoms with Crippen molar-refractivity contribution in [1.29, 1.82) is 0 Å². The van der Waals surface area contributed by atoms with Gasteiger partial charge in [0.2, 0.25) is 10.0 Å². The van der Waals surface area contributed by atoms with E-state index in [1.54, 1.807) is 12.1 Å². The van der Waals surface area contributed by atoms with Crippen LogP contribution in [-0.4, -0.2) is 15.5 Å². The van der Waals surface area contributed by atoms with Crippen molar-refractivity contribution in [3.05, 3.63) is 58.1 Å². The minimum Gasteiger partial charge on any atom is -0.495 e. The van der Waals surface area contributed by atoms with E-state index < -0.39 is 10.0 Å². The first-order valence-corrected chi connectivity index (χ1v) is 9.04. The van der Waals surface area contributed by atoms with E-state index in [1.807, 2.05) is 38.1 Å². The molecule has 2 aromatic rings. The number of hydrogen-bond acceptors (Lipinski definition) is 3. The van der Waals surface area contributed by atoms with Gasteiger partial charge in [-0.05, 0) is 43.2 Å². The van der Waals surface area contributed by atoms with Crippen LogP contribution >= 0.6 is 15.9 Å². The Morgan fingerprint density at radius 2 is 1.86 bits per heavy atom. The van der Waals surface area contributed by atoms with Crippen molar-refractivity contribution in [3.8, 4) is 5.75 Å². The van der Waals surface area contributed by atoms with Gasteiger partial charge in [0.25, 0.3) is 0 Å². The van der Waals surface area contributed by atoms with Crippen molar-refractivity contribution in [2.24, 2.45) is 0 Å². The molecule has 6 heteroatoms. The topological polar surface area (TPSA) is 55.4 Å². The van der Waals surface area contributed by atoms with Crippen LogP contribution in [0.1, 0.15) is 24.1 Å². The van der Waals surface area contributed by atoms with Crippen LogP contribution < -0.4 is 9.46 Å². The lowest BCUT2D eigenvalue weighted by atomic mass is 10.0. The minimum absolute atomic E-state index is 0.116. The number of nitrogens with one attached hydrogen (secondary N) is 1. The SMILES string of the molecule is COc1ccc(Br)cc1S(=O)(=O)NC(C)c1ccccc1C. The summed E-state index contributed by atoms with van der Waals surface area (Å²) in [5, 5.41) is 0. The Kier molecular flexibility index (Phi) is 5.26. The molecule has 0 spiro atoms. The molecule has 0 saturated heterocycles. The van der Waals surface area contributed by atoms with Gasteiger partial charge in [0.15, 0.2) is 0 Å². The quantitative estimate of drug-likeness (QED) is 0.853. The summed E-state index contributed by atoms with van der Waals surface area (Å²) in [7, 11) is -2.24. The number of rotatable bonds is 5.